The molecule has 0 saturated heterocycles. The Balaban J connectivity index is 2.81. The van der Waals surface area contributed by atoms with E-state index in [1.807, 2.05) is 0 Å². The first-order valence-corrected chi connectivity index (χ1v) is 3.65. The van der Waals surface area contributed by atoms with Crippen molar-refractivity contribution in [3.63, 3.8) is 0 Å². The molecule has 0 aliphatic carbocycles. The van der Waals surface area contributed by atoms with Crippen molar-refractivity contribution in [3.8, 4) is 0 Å². The Morgan fingerprint density at radius 1 is 1.82 bits per heavy atom. The van der Waals surface area contributed by atoms with Crippen LogP contribution in [0.1, 0.15) is 0 Å². The summed E-state index contributed by atoms with van der Waals surface area (Å²) in [6.45, 7) is 0.0514. The van der Waals surface area contributed by atoms with Crippen molar-refractivity contribution < 1.29 is 4.79 Å². The van der Waals surface area contributed by atoms with Crippen molar-refractivity contribution in [3.05, 3.63) is 10.7 Å². The minimum absolute atomic E-state index is 0.0514. The Kier molecular flexibility index (Phi) is 2.13. The van der Waals surface area contributed by atoms with Crippen LogP contribution in [0, 0.1) is 0 Å². The van der Waals surface area contributed by atoms with Gasteiger partial charge in [-0.1, -0.05) is 0 Å². The maximum atomic E-state index is 10.4. The molecule has 60 valence electrons. The number of carbonyl (C=O) groups is 1. The minimum atomic E-state index is -0.444. The first-order valence-electron chi connectivity index (χ1n) is 2.86. The van der Waals surface area contributed by atoms with E-state index in [0.717, 1.165) is 0 Å². The average Bonchev–Trinajstić information content (AvgIpc) is 2.10. The number of hydrogen-bond acceptors (Lipinski definition) is 3. The maximum absolute atomic E-state index is 10.4. The summed E-state index contributed by atoms with van der Waals surface area (Å²) in [5.74, 6) is -0.0914. The van der Waals surface area contributed by atoms with E-state index in [0.29, 0.717) is 10.3 Å². The number of nitrogens with two attached hydrogens (primary N) is 2. The van der Waals surface area contributed by atoms with Gasteiger partial charge in [0.1, 0.15) is 6.54 Å². The van der Waals surface area contributed by atoms with E-state index in [1.54, 1.807) is 6.20 Å². The topological polar surface area (TPSA) is 86.9 Å². The zero-order valence-electron chi connectivity index (χ0n) is 5.62. The highest BCUT2D eigenvalue weighted by Gasteiger charge is 2.03. The van der Waals surface area contributed by atoms with Gasteiger partial charge in [-0.25, -0.2) is 0 Å². The number of amides is 1. The second kappa shape index (κ2) is 2.91. The van der Waals surface area contributed by atoms with Crippen molar-refractivity contribution >= 4 is 27.7 Å². The van der Waals surface area contributed by atoms with Gasteiger partial charge in [0.25, 0.3) is 0 Å². The Bertz CT molecular complexity index is 263. The van der Waals surface area contributed by atoms with Crippen molar-refractivity contribution in [2.45, 2.75) is 6.54 Å². The molecule has 5 nitrogen and oxygen atoms in total. The highest BCUT2D eigenvalue weighted by molar-refractivity contribution is 9.10. The van der Waals surface area contributed by atoms with Crippen LogP contribution in [0.2, 0.25) is 0 Å². The third kappa shape index (κ3) is 1.94. The molecule has 0 unspecified atom stereocenters. The molecule has 0 atom stereocenters. The molecule has 0 aliphatic heterocycles. The lowest BCUT2D eigenvalue weighted by Crippen LogP contribution is -2.18. The molecule has 0 saturated carbocycles. The van der Waals surface area contributed by atoms with Crippen LogP contribution in [-0.4, -0.2) is 15.7 Å². The van der Waals surface area contributed by atoms with E-state index in [4.69, 9.17) is 11.5 Å². The van der Waals surface area contributed by atoms with Gasteiger partial charge >= 0.3 is 0 Å². The smallest absolute Gasteiger partial charge is 0.239 e. The lowest BCUT2D eigenvalue weighted by Gasteiger charge is -1.93. The molecule has 0 bridgehead atoms. The van der Waals surface area contributed by atoms with E-state index in [1.165, 1.54) is 4.68 Å². The summed E-state index contributed by atoms with van der Waals surface area (Å²) in [7, 11) is 0. The molecule has 6 heteroatoms. The summed E-state index contributed by atoms with van der Waals surface area (Å²) in [6, 6.07) is 0. The average molecular weight is 219 g/mol. The van der Waals surface area contributed by atoms with Crippen LogP contribution in [0.25, 0.3) is 0 Å². The number of carbonyl (C=O) groups excluding carboxylic acids is 1. The fourth-order valence-corrected chi connectivity index (χ4v) is 0.968. The van der Waals surface area contributed by atoms with Gasteiger partial charge in [-0.05, 0) is 15.9 Å². The maximum Gasteiger partial charge on any atom is 0.239 e. The quantitative estimate of drug-likeness (QED) is 0.716. The first-order chi connectivity index (χ1) is 5.09. The lowest BCUT2D eigenvalue weighted by molar-refractivity contribution is -0.118. The fraction of sp³-hybridized carbons (Fsp3) is 0.200. The molecule has 4 N–H and O–H groups in total. The van der Waals surface area contributed by atoms with Gasteiger partial charge in [-0.2, -0.15) is 5.10 Å². The molecule has 1 amide bonds. The molecule has 1 rings (SSSR count). The van der Waals surface area contributed by atoms with Gasteiger partial charge in [0, 0.05) is 6.20 Å². The number of anilines is 1. The summed E-state index contributed by atoms with van der Waals surface area (Å²) in [5.41, 5.74) is 10.3. The lowest BCUT2D eigenvalue weighted by atomic mass is 10.6. The van der Waals surface area contributed by atoms with Gasteiger partial charge in [-0.3, -0.25) is 9.48 Å². The third-order valence-electron chi connectivity index (χ3n) is 1.06. The van der Waals surface area contributed by atoms with Crippen LogP contribution >= 0.6 is 15.9 Å². The van der Waals surface area contributed by atoms with Gasteiger partial charge in [-0.15, -0.1) is 0 Å². The zero-order chi connectivity index (χ0) is 8.43. The summed E-state index contributed by atoms with van der Waals surface area (Å²) < 4.78 is 2.04. The Morgan fingerprint density at radius 3 is 2.82 bits per heavy atom. The van der Waals surface area contributed by atoms with Crippen LogP contribution < -0.4 is 11.5 Å². The predicted octanol–water partition coefficient (Wildman–Crippen LogP) is -0.287. The number of nitrogens with zero attached hydrogens (tertiary/aromatic N) is 2. The fourth-order valence-electron chi connectivity index (χ4n) is 0.653. The largest absolute Gasteiger partial charge is 0.381 e. The summed E-state index contributed by atoms with van der Waals surface area (Å²) in [5, 5.41) is 3.80. The van der Waals surface area contributed by atoms with Crippen LogP contribution in [0.4, 0.5) is 5.82 Å². The van der Waals surface area contributed by atoms with Gasteiger partial charge < -0.3 is 11.5 Å². The van der Waals surface area contributed by atoms with E-state index < -0.39 is 5.91 Å². The van der Waals surface area contributed by atoms with Crippen LogP contribution in [-0.2, 0) is 11.3 Å². The molecular weight excluding hydrogens is 212 g/mol. The molecule has 0 aromatic carbocycles. The molecule has 1 aromatic heterocycles. The Labute approximate surface area is 71.5 Å². The molecule has 1 aromatic rings. The highest BCUT2D eigenvalue weighted by atomic mass is 79.9. The molecule has 1 heterocycles. The monoisotopic (exact) mass is 218 g/mol. The number of rotatable bonds is 2. The van der Waals surface area contributed by atoms with Gasteiger partial charge in [0.05, 0.1) is 4.47 Å². The van der Waals surface area contributed by atoms with Crippen LogP contribution in [0.3, 0.4) is 0 Å². The van der Waals surface area contributed by atoms with E-state index >= 15 is 0 Å². The second-order valence-corrected chi connectivity index (χ2v) is 2.88. The standard InChI is InChI=1S/C5H7BrN4O/c6-3-1-10(2-4(7)11)9-5(3)8/h1H,2H2,(H2,7,11)(H2,8,9). The summed E-state index contributed by atoms with van der Waals surface area (Å²) >= 11 is 3.15. The van der Waals surface area contributed by atoms with Crippen LogP contribution in [0.5, 0.6) is 0 Å². The Hall–Kier alpha value is -1.04. The van der Waals surface area contributed by atoms with E-state index in [-0.39, 0.29) is 6.54 Å². The second-order valence-electron chi connectivity index (χ2n) is 2.03. The first kappa shape index (κ1) is 8.06. The van der Waals surface area contributed by atoms with Crippen molar-refractivity contribution in [2.75, 3.05) is 5.73 Å². The molecule has 11 heavy (non-hydrogen) atoms. The number of nitrogen functional groups attached to an aromatic ring is 1. The third-order valence-corrected chi connectivity index (χ3v) is 1.67. The molecule has 0 radical (unpaired) electrons. The normalized spacial score (nSPS) is 9.91. The predicted molar refractivity (Wildman–Crippen MR) is 43.5 cm³/mol. The van der Waals surface area contributed by atoms with Gasteiger partial charge in [0.15, 0.2) is 5.82 Å². The van der Waals surface area contributed by atoms with Crippen molar-refractivity contribution in [2.24, 2.45) is 5.73 Å². The number of hydrogen-bond donors (Lipinski definition) is 2. The van der Waals surface area contributed by atoms with Gasteiger partial charge in [0.2, 0.25) is 5.91 Å². The molecule has 0 aliphatic rings. The minimum Gasteiger partial charge on any atom is -0.381 e. The number of halogens is 1. The summed E-state index contributed by atoms with van der Waals surface area (Å²) in [4.78, 5) is 10.4. The van der Waals surface area contributed by atoms with Crippen LogP contribution in [0.15, 0.2) is 10.7 Å². The zero-order valence-corrected chi connectivity index (χ0v) is 7.21. The molecule has 0 spiro atoms. The molecular formula is C5H7BrN4O. The highest BCUT2D eigenvalue weighted by Crippen LogP contribution is 2.15. The summed E-state index contributed by atoms with van der Waals surface area (Å²) in [6.07, 6.45) is 1.60. The number of primary amides is 1. The van der Waals surface area contributed by atoms with E-state index in [9.17, 15) is 4.79 Å². The van der Waals surface area contributed by atoms with E-state index in [2.05, 4.69) is 21.0 Å². The Morgan fingerprint density at radius 2 is 2.45 bits per heavy atom. The van der Waals surface area contributed by atoms with Crippen molar-refractivity contribution in [1.82, 2.24) is 9.78 Å². The number of aromatic nitrogens is 2. The SMILES string of the molecule is NC(=O)Cn1cc(Br)c(N)n1. The van der Waals surface area contributed by atoms with Crippen molar-refractivity contribution in [1.29, 1.82) is 0 Å². The molecule has 0 fully saturated rings.